The summed E-state index contributed by atoms with van der Waals surface area (Å²) in [7, 11) is 0. The number of nitrogens with zero attached hydrogens (tertiary/aromatic N) is 1. The molecular formula is C13H17NO4. The van der Waals surface area contributed by atoms with Crippen molar-refractivity contribution in [3.8, 4) is 0 Å². The Labute approximate surface area is 105 Å². The van der Waals surface area contributed by atoms with Gasteiger partial charge in [0.1, 0.15) is 0 Å². The molecule has 0 aromatic carbocycles. The summed E-state index contributed by atoms with van der Waals surface area (Å²) in [5.74, 6) is -1.89. The largest absolute Gasteiger partial charge is 0.481 e. The highest BCUT2D eigenvalue weighted by Gasteiger charge is 2.39. The third-order valence-corrected chi connectivity index (χ3v) is 4.09. The SMILES string of the molecule is CC1=C(C)C(=O)N(CC2CCCC2C(=O)O)C1=O. The molecule has 2 amide bonds. The molecule has 1 aliphatic heterocycles. The third kappa shape index (κ3) is 1.94. The van der Waals surface area contributed by atoms with E-state index in [2.05, 4.69) is 0 Å². The lowest BCUT2D eigenvalue weighted by atomic mass is 9.95. The van der Waals surface area contributed by atoms with Crippen molar-refractivity contribution in [1.82, 2.24) is 4.90 Å². The third-order valence-electron chi connectivity index (χ3n) is 4.09. The standard InChI is InChI=1S/C13H17NO4/c1-7-8(2)12(16)14(11(7)15)6-9-4-3-5-10(9)13(17)18/h9-10H,3-6H2,1-2H3,(H,17,18). The minimum Gasteiger partial charge on any atom is -0.481 e. The molecule has 1 saturated carbocycles. The average Bonchev–Trinajstić information content (AvgIpc) is 2.86. The Bertz CT molecular complexity index is 428. The molecule has 0 aromatic heterocycles. The second-order valence-corrected chi connectivity index (χ2v) is 5.11. The number of carboxylic acid groups (broad SMARTS) is 1. The van der Waals surface area contributed by atoms with E-state index in [1.165, 1.54) is 4.90 Å². The Morgan fingerprint density at radius 2 is 1.78 bits per heavy atom. The topological polar surface area (TPSA) is 74.7 Å². The zero-order chi connectivity index (χ0) is 13.4. The van der Waals surface area contributed by atoms with E-state index in [1.807, 2.05) is 0 Å². The lowest BCUT2D eigenvalue weighted by molar-refractivity contribution is -0.146. The number of hydrogen-bond acceptors (Lipinski definition) is 3. The summed E-state index contributed by atoms with van der Waals surface area (Å²) in [6.07, 6.45) is 2.26. The molecule has 1 N–H and O–H groups in total. The number of carbonyl (C=O) groups is 3. The molecule has 5 heteroatoms. The Hall–Kier alpha value is -1.65. The average molecular weight is 251 g/mol. The minimum atomic E-state index is -0.821. The Kier molecular flexibility index (Phi) is 3.24. The number of aliphatic carboxylic acids is 1. The molecule has 0 aromatic rings. The highest BCUT2D eigenvalue weighted by atomic mass is 16.4. The monoisotopic (exact) mass is 251 g/mol. The van der Waals surface area contributed by atoms with Crippen LogP contribution < -0.4 is 0 Å². The van der Waals surface area contributed by atoms with Crippen LogP contribution in [0.2, 0.25) is 0 Å². The summed E-state index contributed by atoms with van der Waals surface area (Å²) in [4.78, 5) is 36.1. The summed E-state index contributed by atoms with van der Waals surface area (Å²) in [6, 6.07) is 0. The van der Waals surface area contributed by atoms with Crippen LogP contribution in [0.3, 0.4) is 0 Å². The summed E-state index contributed by atoms with van der Waals surface area (Å²) in [6.45, 7) is 3.51. The molecule has 0 bridgehead atoms. The lowest BCUT2D eigenvalue weighted by Gasteiger charge is -2.22. The van der Waals surface area contributed by atoms with Gasteiger partial charge in [-0.3, -0.25) is 19.3 Å². The van der Waals surface area contributed by atoms with Gasteiger partial charge in [-0.15, -0.1) is 0 Å². The molecule has 98 valence electrons. The van der Waals surface area contributed by atoms with Crippen molar-refractivity contribution in [2.45, 2.75) is 33.1 Å². The van der Waals surface area contributed by atoms with Crippen LogP contribution >= 0.6 is 0 Å². The van der Waals surface area contributed by atoms with E-state index in [0.29, 0.717) is 17.6 Å². The number of imide groups is 1. The molecular weight excluding hydrogens is 234 g/mol. The molecule has 0 saturated heterocycles. The first-order valence-electron chi connectivity index (χ1n) is 6.20. The molecule has 1 aliphatic carbocycles. The normalized spacial score (nSPS) is 28.4. The molecule has 2 aliphatic rings. The van der Waals surface area contributed by atoms with E-state index >= 15 is 0 Å². The summed E-state index contributed by atoms with van der Waals surface area (Å²) < 4.78 is 0. The summed E-state index contributed by atoms with van der Waals surface area (Å²) in [5.41, 5.74) is 0.953. The maximum absolute atomic E-state index is 11.9. The highest BCUT2D eigenvalue weighted by Crippen LogP contribution is 2.34. The van der Waals surface area contributed by atoms with E-state index < -0.39 is 11.9 Å². The van der Waals surface area contributed by atoms with Gasteiger partial charge in [-0.2, -0.15) is 0 Å². The molecule has 2 rings (SSSR count). The maximum atomic E-state index is 11.9. The second kappa shape index (κ2) is 4.55. The fraction of sp³-hybridized carbons (Fsp3) is 0.615. The van der Waals surface area contributed by atoms with Crippen LogP contribution in [0.1, 0.15) is 33.1 Å². The quantitative estimate of drug-likeness (QED) is 0.765. The number of hydrogen-bond donors (Lipinski definition) is 1. The van der Waals surface area contributed by atoms with Crippen molar-refractivity contribution in [3.63, 3.8) is 0 Å². The first kappa shape index (κ1) is 12.8. The zero-order valence-corrected chi connectivity index (χ0v) is 10.6. The van der Waals surface area contributed by atoms with E-state index in [-0.39, 0.29) is 24.3 Å². The molecule has 5 nitrogen and oxygen atoms in total. The van der Waals surface area contributed by atoms with E-state index in [1.54, 1.807) is 13.8 Å². The zero-order valence-electron chi connectivity index (χ0n) is 10.6. The van der Waals surface area contributed by atoms with E-state index in [9.17, 15) is 14.4 Å². The smallest absolute Gasteiger partial charge is 0.306 e. The van der Waals surface area contributed by atoms with Gasteiger partial charge in [0.05, 0.1) is 5.92 Å². The van der Waals surface area contributed by atoms with Crippen molar-refractivity contribution in [2.75, 3.05) is 6.54 Å². The predicted octanol–water partition coefficient (Wildman–Crippen LogP) is 1.19. The van der Waals surface area contributed by atoms with Crippen LogP contribution in [0, 0.1) is 11.8 Å². The van der Waals surface area contributed by atoms with Crippen molar-refractivity contribution < 1.29 is 19.5 Å². The number of rotatable bonds is 3. The molecule has 0 radical (unpaired) electrons. The van der Waals surface area contributed by atoms with Crippen molar-refractivity contribution in [2.24, 2.45) is 11.8 Å². The van der Waals surface area contributed by atoms with Crippen LogP contribution in [0.4, 0.5) is 0 Å². The first-order chi connectivity index (χ1) is 8.43. The fourth-order valence-corrected chi connectivity index (χ4v) is 2.80. The maximum Gasteiger partial charge on any atom is 0.306 e. The van der Waals surface area contributed by atoms with Crippen LogP contribution in [0.15, 0.2) is 11.1 Å². The summed E-state index contributed by atoms with van der Waals surface area (Å²) in [5, 5.41) is 9.09. The summed E-state index contributed by atoms with van der Waals surface area (Å²) >= 11 is 0. The van der Waals surface area contributed by atoms with Crippen LogP contribution in [0.25, 0.3) is 0 Å². The van der Waals surface area contributed by atoms with Gasteiger partial charge in [-0.05, 0) is 32.6 Å². The van der Waals surface area contributed by atoms with Crippen molar-refractivity contribution >= 4 is 17.8 Å². The minimum absolute atomic E-state index is 0.103. The van der Waals surface area contributed by atoms with Gasteiger partial charge in [0.25, 0.3) is 11.8 Å². The molecule has 0 spiro atoms. The van der Waals surface area contributed by atoms with E-state index in [4.69, 9.17) is 5.11 Å². The van der Waals surface area contributed by atoms with Gasteiger partial charge in [-0.1, -0.05) is 6.42 Å². The predicted molar refractivity (Wildman–Crippen MR) is 63.6 cm³/mol. The van der Waals surface area contributed by atoms with E-state index in [0.717, 1.165) is 12.8 Å². The van der Waals surface area contributed by atoms with Gasteiger partial charge in [-0.25, -0.2) is 0 Å². The highest BCUT2D eigenvalue weighted by molar-refractivity contribution is 6.18. The second-order valence-electron chi connectivity index (χ2n) is 5.11. The van der Waals surface area contributed by atoms with Gasteiger partial charge in [0, 0.05) is 17.7 Å². The molecule has 2 unspecified atom stereocenters. The Morgan fingerprint density at radius 3 is 2.28 bits per heavy atom. The Balaban J connectivity index is 2.10. The van der Waals surface area contributed by atoms with Crippen LogP contribution in [-0.2, 0) is 14.4 Å². The van der Waals surface area contributed by atoms with Crippen LogP contribution in [0.5, 0.6) is 0 Å². The first-order valence-corrected chi connectivity index (χ1v) is 6.20. The van der Waals surface area contributed by atoms with Gasteiger partial charge >= 0.3 is 5.97 Å². The van der Waals surface area contributed by atoms with Crippen LogP contribution in [-0.4, -0.2) is 34.3 Å². The van der Waals surface area contributed by atoms with Gasteiger partial charge in [0.15, 0.2) is 0 Å². The number of carboxylic acids is 1. The number of amides is 2. The van der Waals surface area contributed by atoms with Crippen molar-refractivity contribution in [1.29, 1.82) is 0 Å². The van der Waals surface area contributed by atoms with Gasteiger partial charge < -0.3 is 5.11 Å². The Morgan fingerprint density at radius 1 is 1.22 bits per heavy atom. The molecule has 18 heavy (non-hydrogen) atoms. The molecule has 1 heterocycles. The molecule has 2 atom stereocenters. The fourth-order valence-electron chi connectivity index (χ4n) is 2.80. The van der Waals surface area contributed by atoms with Gasteiger partial charge in [0.2, 0.25) is 0 Å². The lowest BCUT2D eigenvalue weighted by Crippen LogP contribution is -2.38. The number of carbonyl (C=O) groups excluding carboxylic acids is 2. The molecule has 1 fully saturated rings. The van der Waals surface area contributed by atoms with Crippen molar-refractivity contribution in [3.05, 3.63) is 11.1 Å².